The number of nitrogens with one attached hydrogen (secondary N) is 1. The van der Waals surface area contributed by atoms with Gasteiger partial charge in [-0.1, -0.05) is 57.2 Å². The fraction of sp³-hybridized carbons (Fsp3) is 0.458. The highest BCUT2D eigenvalue weighted by Crippen LogP contribution is 2.27. The first-order valence-electron chi connectivity index (χ1n) is 10.2. The molecule has 0 aliphatic carbocycles. The van der Waals surface area contributed by atoms with Crippen molar-refractivity contribution >= 4 is 21.6 Å². The van der Waals surface area contributed by atoms with E-state index in [0.29, 0.717) is 5.69 Å². The third-order valence-corrected chi connectivity index (χ3v) is 6.55. The number of sulfonamides is 1. The molecule has 2 atom stereocenters. The minimum atomic E-state index is -3.65. The quantitative estimate of drug-likeness (QED) is 0.726. The second kappa shape index (κ2) is 8.80. The fourth-order valence-corrected chi connectivity index (χ4v) is 4.65. The summed E-state index contributed by atoms with van der Waals surface area (Å²) in [6.07, 6.45) is 1.13. The monoisotopic (exact) mass is 430 g/mol. The number of carbonyl (C=O) groups is 1. The third kappa shape index (κ3) is 5.63. The summed E-state index contributed by atoms with van der Waals surface area (Å²) < 4.78 is 26.4. The summed E-state index contributed by atoms with van der Waals surface area (Å²) in [5, 5.41) is 2.97. The van der Waals surface area contributed by atoms with Crippen LogP contribution in [0.15, 0.2) is 42.5 Å². The standard InChI is InChI=1S/C24H34N2O3S/c1-16-9-10-17(2)22(15-16)26(30(8,28)29)19(4)23(27)25-18(3)20-11-13-21(14-12-20)24(5,6)7/h9-15,18-19H,1-8H3,(H,25,27)/t18-,19+/m0/s1. The van der Waals surface area contributed by atoms with Gasteiger partial charge in [0.15, 0.2) is 0 Å². The molecule has 0 aromatic heterocycles. The van der Waals surface area contributed by atoms with Gasteiger partial charge in [-0.15, -0.1) is 0 Å². The fourth-order valence-electron chi connectivity index (χ4n) is 3.43. The number of hydrogen-bond donors (Lipinski definition) is 1. The molecule has 0 fully saturated rings. The van der Waals surface area contributed by atoms with Gasteiger partial charge in [0.05, 0.1) is 18.0 Å². The van der Waals surface area contributed by atoms with Gasteiger partial charge < -0.3 is 5.32 Å². The minimum Gasteiger partial charge on any atom is -0.348 e. The normalized spacial score (nSPS) is 14.1. The van der Waals surface area contributed by atoms with Gasteiger partial charge in [0.1, 0.15) is 6.04 Å². The van der Waals surface area contributed by atoms with Crippen molar-refractivity contribution in [1.29, 1.82) is 0 Å². The van der Waals surface area contributed by atoms with Crippen molar-refractivity contribution in [3.8, 4) is 0 Å². The minimum absolute atomic E-state index is 0.0567. The molecule has 6 heteroatoms. The maximum absolute atomic E-state index is 13.0. The van der Waals surface area contributed by atoms with Crippen molar-refractivity contribution in [2.75, 3.05) is 10.6 Å². The van der Waals surface area contributed by atoms with E-state index >= 15 is 0 Å². The van der Waals surface area contributed by atoms with Gasteiger partial charge in [0.2, 0.25) is 15.9 Å². The summed E-state index contributed by atoms with van der Waals surface area (Å²) in [5.41, 5.74) is 4.52. The number of anilines is 1. The van der Waals surface area contributed by atoms with Crippen LogP contribution in [0.1, 0.15) is 62.9 Å². The average molecular weight is 431 g/mol. The maximum atomic E-state index is 13.0. The first kappa shape index (κ1) is 23.9. The van der Waals surface area contributed by atoms with Crippen molar-refractivity contribution in [3.05, 3.63) is 64.7 Å². The smallest absolute Gasteiger partial charge is 0.244 e. The van der Waals surface area contributed by atoms with Crippen LogP contribution in [0, 0.1) is 13.8 Å². The van der Waals surface area contributed by atoms with E-state index < -0.39 is 16.1 Å². The summed E-state index contributed by atoms with van der Waals surface area (Å²) in [6, 6.07) is 12.6. The molecule has 1 amide bonds. The van der Waals surface area contributed by atoms with E-state index in [0.717, 1.165) is 22.9 Å². The summed E-state index contributed by atoms with van der Waals surface area (Å²) in [4.78, 5) is 13.0. The average Bonchev–Trinajstić information content (AvgIpc) is 2.62. The molecule has 2 aromatic rings. The summed E-state index contributed by atoms with van der Waals surface area (Å²) in [6.45, 7) is 13.7. The molecule has 0 spiro atoms. The largest absolute Gasteiger partial charge is 0.348 e. The molecule has 2 rings (SSSR count). The van der Waals surface area contributed by atoms with Crippen molar-refractivity contribution in [2.45, 2.75) is 66.0 Å². The van der Waals surface area contributed by atoms with Gasteiger partial charge >= 0.3 is 0 Å². The molecule has 30 heavy (non-hydrogen) atoms. The molecule has 164 valence electrons. The van der Waals surface area contributed by atoms with Gasteiger partial charge in [0, 0.05) is 0 Å². The van der Waals surface area contributed by atoms with Crippen LogP contribution in [0.2, 0.25) is 0 Å². The number of aryl methyl sites for hydroxylation is 2. The van der Waals surface area contributed by atoms with Crippen molar-refractivity contribution < 1.29 is 13.2 Å². The Morgan fingerprint density at radius 1 is 1.00 bits per heavy atom. The van der Waals surface area contributed by atoms with Gasteiger partial charge in [-0.2, -0.15) is 0 Å². The number of carbonyl (C=O) groups excluding carboxylic acids is 1. The zero-order valence-electron chi connectivity index (χ0n) is 19.3. The lowest BCUT2D eigenvalue weighted by Gasteiger charge is -2.30. The summed E-state index contributed by atoms with van der Waals surface area (Å²) in [7, 11) is -3.65. The van der Waals surface area contributed by atoms with Crippen LogP contribution in [0.3, 0.4) is 0 Å². The van der Waals surface area contributed by atoms with Crippen LogP contribution in [0.4, 0.5) is 5.69 Å². The highest BCUT2D eigenvalue weighted by Gasteiger charge is 2.31. The van der Waals surface area contributed by atoms with Gasteiger partial charge in [-0.05, 0) is 61.4 Å². The number of nitrogens with zero attached hydrogens (tertiary/aromatic N) is 1. The maximum Gasteiger partial charge on any atom is 0.244 e. The molecule has 0 saturated carbocycles. The van der Waals surface area contributed by atoms with Crippen LogP contribution in [0.25, 0.3) is 0 Å². The van der Waals surface area contributed by atoms with Gasteiger partial charge in [0.25, 0.3) is 0 Å². The van der Waals surface area contributed by atoms with Gasteiger partial charge in [-0.25, -0.2) is 8.42 Å². The summed E-state index contributed by atoms with van der Waals surface area (Å²) in [5.74, 6) is -0.339. The van der Waals surface area contributed by atoms with E-state index in [-0.39, 0.29) is 17.4 Å². The SMILES string of the molecule is Cc1ccc(C)c(N([C@H](C)C(=O)N[C@@H](C)c2ccc(C(C)(C)C)cc2)S(C)(=O)=O)c1. The Morgan fingerprint density at radius 3 is 2.07 bits per heavy atom. The first-order chi connectivity index (χ1) is 13.7. The molecular weight excluding hydrogens is 396 g/mol. The molecule has 2 aromatic carbocycles. The Morgan fingerprint density at radius 2 is 1.57 bits per heavy atom. The predicted molar refractivity (Wildman–Crippen MR) is 124 cm³/mol. The Labute approximate surface area is 181 Å². The number of benzene rings is 2. The van der Waals surface area contributed by atoms with Crippen LogP contribution < -0.4 is 9.62 Å². The Kier molecular flexibility index (Phi) is 7.02. The molecule has 0 saturated heterocycles. The van der Waals surface area contributed by atoms with E-state index in [2.05, 4.69) is 38.2 Å². The second-order valence-corrected chi connectivity index (χ2v) is 11.0. The molecule has 0 aliphatic rings. The van der Waals surface area contributed by atoms with Crippen molar-refractivity contribution in [1.82, 2.24) is 5.32 Å². The van der Waals surface area contributed by atoms with E-state index in [1.54, 1.807) is 13.0 Å². The van der Waals surface area contributed by atoms with Crippen LogP contribution in [-0.4, -0.2) is 26.6 Å². The molecule has 0 bridgehead atoms. The highest BCUT2D eigenvalue weighted by molar-refractivity contribution is 7.92. The zero-order valence-corrected chi connectivity index (χ0v) is 20.1. The Hall–Kier alpha value is -2.34. The van der Waals surface area contributed by atoms with Crippen molar-refractivity contribution in [2.24, 2.45) is 0 Å². The molecule has 5 nitrogen and oxygen atoms in total. The topological polar surface area (TPSA) is 66.5 Å². The molecule has 0 radical (unpaired) electrons. The lowest BCUT2D eigenvalue weighted by Crippen LogP contribution is -2.48. The van der Waals surface area contributed by atoms with Gasteiger partial charge in [-0.3, -0.25) is 9.10 Å². The first-order valence-corrected chi connectivity index (χ1v) is 12.0. The van der Waals surface area contributed by atoms with E-state index in [1.165, 1.54) is 9.87 Å². The number of hydrogen-bond acceptors (Lipinski definition) is 3. The number of amides is 1. The zero-order chi connectivity index (χ0) is 22.9. The van der Waals surface area contributed by atoms with E-state index in [1.807, 2.05) is 45.0 Å². The molecule has 0 heterocycles. The molecular formula is C24H34N2O3S. The predicted octanol–water partition coefficient (Wildman–Crippen LogP) is 4.63. The molecule has 1 N–H and O–H groups in total. The van der Waals surface area contributed by atoms with Crippen LogP contribution in [0.5, 0.6) is 0 Å². The number of rotatable bonds is 6. The Balaban J connectivity index is 2.26. The lowest BCUT2D eigenvalue weighted by molar-refractivity contribution is -0.122. The van der Waals surface area contributed by atoms with E-state index in [9.17, 15) is 13.2 Å². The molecule has 0 unspecified atom stereocenters. The van der Waals surface area contributed by atoms with Crippen molar-refractivity contribution in [3.63, 3.8) is 0 Å². The van der Waals surface area contributed by atoms with Crippen LogP contribution >= 0.6 is 0 Å². The van der Waals surface area contributed by atoms with Crippen LogP contribution in [-0.2, 0) is 20.2 Å². The second-order valence-electron chi connectivity index (χ2n) is 9.13. The third-order valence-electron chi connectivity index (χ3n) is 5.33. The highest BCUT2D eigenvalue weighted by atomic mass is 32.2. The molecule has 0 aliphatic heterocycles. The summed E-state index contributed by atoms with van der Waals surface area (Å²) >= 11 is 0. The van der Waals surface area contributed by atoms with E-state index in [4.69, 9.17) is 0 Å². The Bertz CT molecular complexity index is 1010. The lowest BCUT2D eigenvalue weighted by atomic mass is 9.86.